The summed E-state index contributed by atoms with van der Waals surface area (Å²) in [5, 5.41) is 2.66. The van der Waals surface area contributed by atoms with Crippen LogP contribution in [-0.2, 0) is 4.79 Å². The minimum atomic E-state index is -0.858. The number of anilines is 1. The number of benzene rings is 1. The zero-order valence-electron chi connectivity index (χ0n) is 7.84. The summed E-state index contributed by atoms with van der Waals surface area (Å²) in [6.07, 6.45) is 0. The fourth-order valence-electron chi connectivity index (χ4n) is 0.961. The molecule has 0 aliphatic heterocycles. The van der Waals surface area contributed by atoms with E-state index in [1.165, 1.54) is 12.1 Å². The number of hydrogen-bond acceptors (Lipinski definition) is 3. The zero-order valence-corrected chi connectivity index (χ0v) is 8.59. The standard InChI is InChI=1S/C9H11ClFN3O/c10-5-2-1-3-7(8(5)11)14-4-6(12)9(13)15/h1-3,6,14H,4,12H2,(H2,13,15). The van der Waals surface area contributed by atoms with Crippen LogP contribution in [0.3, 0.4) is 0 Å². The van der Waals surface area contributed by atoms with Gasteiger partial charge < -0.3 is 16.8 Å². The fourth-order valence-corrected chi connectivity index (χ4v) is 1.14. The summed E-state index contributed by atoms with van der Waals surface area (Å²) in [5.74, 6) is -1.22. The van der Waals surface area contributed by atoms with E-state index in [0.29, 0.717) is 0 Å². The summed E-state index contributed by atoms with van der Waals surface area (Å²) in [6.45, 7) is 0.0621. The molecule has 0 heterocycles. The molecule has 0 fully saturated rings. The number of carbonyl (C=O) groups is 1. The molecule has 0 saturated heterocycles. The minimum Gasteiger partial charge on any atom is -0.381 e. The Bertz CT molecular complexity index is 372. The highest BCUT2D eigenvalue weighted by molar-refractivity contribution is 6.31. The molecule has 15 heavy (non-hydrogen) atoms. The number of nitrogens with one attached hydrogen (secondary N) is 1. The van der Waals surface area contributed by atoms with Crippen LogP contribution in [0.15, 0.2) is 18.2 Å². The van der Waals surface area contributed by atoms with Crippen LogP contribution in [0.4, 0.5) is 10.1 Å². The number of primary amides is 1. The van der Waals surface area contributed by atoms with E-state index in [0.717, 1.165) is 0 Å². The van der Waals surface area contributed by atoms with E-state index in [9.17, 15) is 9.18 Å². The van der Waals surface area contributed by atoms with Gasteiger partial charge in [-0.1, -0.05) is 17.7 Å². The Labute approximate surface area is 91.4 Å². The van der Waals surface area contributed by atoms with Gasteiger partial charge in [0.1, 0.15) is 6.04 Å². The van der Waals surface area contributed by atoms with E-state index in [4.69, 9.17) is 23.1 Å². The third kappa shape index (κ3) is 3.07. The third-order valence-corrected chi connectivity index (χ3v) is 2.12. The van der Waals surface area contributed by atoms with E-state index < -0.39 is 17.8 Å². The number of halogens is 2. The van der Waals surface area contributed by atoms with Crippen molar-refractivity contribution in [2.75, 3.05) is 11.9 Å². The van der Waals surface area contributed by atoms with Crippen LogP contribution < -0.4 is 16.8 Å². The molecular formula is C9H11ClFN3O. The normalized spacial score (nSPS) is 12.2. The molecule has 0 aromatic heterocycles. The maximum absolute atomic E-state index is 13.3. The third-order valence-electron chi connectivity index (χ3n) is 1.83. The van der Waals surface area contributed by atoms with Crippen LogP contribution in [0.1, 0.15) is 0 Å². The summed E-state index contributed by atoms with van der Waals surface area (Å²) >= 11 is 5.55. The first-order valence-electron chi connectivity index (χ1n) is 4.25. The molecule has 6 heteroatoms. The van der Waals surface area contributed by atoms with Crippen LogP contribution >= 0.6 is 11.6 Å². The Hall–Kier alpha value is -1.33. The number of rotatable bonds is 4. The SMILES string of the molecule is NC(=O)C(N)CNc1cccc(Cl)c1F. The van der Waals surface area contributed by atoms with E-state index in [2.05, 4.69) is 5.32 Å². The van der Waals surface area contributed by atoms with Crippen molar-refractivity contribution in [3.8, 4) is 0 Å². The maximum Gasteiger partial charge on any atom is 0.236 e. The van der Waals surface area contributed by atoms with Crippen LogP contribution in [0.2, 0.25) is 5.02 Å². The maximum atomic E-state index is 13.3. The Morgan fingerprint density at radius 1 is 1.60 bits per heavy atom. The summed E-state index contributed by atoms with van der Waals surface area (Å²) in [4.78, 5) is 10.6. The second-order valence-electron chi connectivity index (χ2n) is 2.99. The molecule has 4 nitrogen and oxygen atoms in total. The lowest BCUT2D eigenvalue weighted by atomic mass is 10.2. The molecule has 0 aliphatic rings. The Kier molecular flexibility index (Phi) is 3.88. The molecule has 5 N–H and O–H groups in total. The predicted octanol–water partition coefficient (Wildman–Crippen LogP) is 0.704. The molecule has 0 radical (unpaired) electrons. The highest BCUT2D eigenvalue weighted by Crippen LogP contribution is 2.21. The average Bonchev–Trinajstić information content (AvgIpc) is 2.19. The number of nitrogens with two attached hydrogens (primary N) is 2. The molecular weight excluding hydrogens is 221 g/mol. The van der Waals surface area contributed by atoms with Gasteiger partial charge in [0.25, 0.3) is 0 Å². The van der Waals surface area contributed by atoms with Crippen LogP contribution in [-0.4, -0.2) is 18.5 Å². The van der Waals surface area contributed by atoms with E-state index in [-0.39, 0.29) is 17.3 Å². The van der Waals surface area contributed by atoms with Gasteiger partial charge in [0.15, 0.2) is 5.82 Å². The van der Waals surface area contributed by atoms with Crippen LogP contribution in [0.5, 0.6) is 0 Å². The second-order valence-corrected chi connectivity index (χ2v) is 3.40. The van der Waals surface area contributed by atoms with Gasteiger partial charge in [-0.3, -0.25) is 4.79 Å². The van der Waals surface area contributed by atoms with Crippen molar-refractivity contribution in [2.45, 2.75) is 6.04 Å². The van der Waals surface area contributed by atoms with Gasteiger partial charge in [0, 0.05) is 6.54 Å². The summed E-state index contributed by atoms with van der Waals surface area (Å²) in [7, 11) is 0. The van der Waals surface area contributed by atoms with Gasteiger partial charge in [-0.05, 0) is 12.1 Å². The Balaban J connectivity index is 2.66. The van der Waals surface area contributed by atoms with Crippen molar-refractivity contribution < 1.29 is 9.18 Å². The topological polar surface area (TPSA) is 81.1 Å². The van der Waals surface area contributed by atoms with Gasteiger partial charge in [-0.15, -0.1) is 0 Å². The fraction of sp³-hybridized carbons (Fsp3) is 0.222. The van der Waals surface area contributed by atoms with Crippen molar-refractivity contribution in [3.63, 3.8) is 0 Å². The van der Waals surface area contributed by atoms with Crippen molar-refractivity contribution in [2.24, 2.45) is 11.5 Å². The van der Waals surface area contributed by atoms with Crippen molar-refractivity contribution in [1.29, 1.82) is 0 Å². The average molecular weight is 232 g/mol. The molecule has 0 aliphatic carbocycles. The molecule has 1 aromatic rings. The molecule has 0 spiro atoms. The summed E-state index contributed by atoms with van der Waals surface area (Å²) < 4.78 is 13.3. The largest absolute Gasteiger partial charge is 0.381 e. The quantitative estimate of drug-likeness (QED) is 0.714. The van der Waals surface area contributed by atoms with E-state index in [1.807, 2.05) is 0 Å². The second kappa shape index (κ2) is 4.95. The van der Waals surface area contributed by atoms with E-state index >= 15 is 0 Å². The molecule has 1 atom stereocenters. The van der Waals surface area contributed by atoms with Gasteiger partial charge in [-0.2, -0.15) is 0 Å². The predicted molar refractivity (Wildman–Crippen MR) is 57.1 cm³/mol. The lowest BCUT2D eigenvalue weighted by molar-refractivity contribution is -0.118. The van der Waals surface area contributed by atoms with Gasteiger partial charge >= 0.3 is 0 Å². The van der Waals surface area contributed by atoms with Crippen molar-refractivity contribution >= 4 is 23.2 Å². The molecule has 82 valence electrons. The molecule has 0 bridgehead atoms. The highest BCUT2D eigenvalue weighted by Gasteiger charge is 2.11. The minimum absolute atomic E-state index is 0.00708. The zero-order chi connectivity index (χ0) is 11.4. The first-order chi connectivity index (χ1) is 7.02. The van der Waals surface area contributed by atoms with Crippen molar-refractivity contribution in [3.05, 3.63) is 29.0 Å². The number of hydrogen-bond donors (Lipinski definition) is 3. The van der Waals surface area contributed by atoms with E-state index in [1.54, 1.807) is 6.07 Å². The van der Waals surface area contributed by atoms with Crippen LogP contribution in [0.25, 0.3) is 0 Å². The van der Waals surface area contributed by atoms with Gasteiger partial charge in [-0.25, -0.2) is 4.39 Å². The highest BCUT2D eigenvalue weighted by atomic mass is 35.5. The van der Waals surface area contributed by atoms with Gasteiger partial charge in [0.2, 0.25) is 5.91 Å². The Morgan fingerprint density at radius 3 is 2.87 bits per heavy atom. The first-order valence-corrected chi connectivity index (χ1v) is 4.63. The molecule has 0 saturated carbocycles. The van der Waals surface area contributed by atoms with Crippen molar-refractivity contribution in [1.82, 2.24) is 0 Å². The lowest BCUT2D eigenvalue weighted by Gasteiger charge is -2.11. The Morgan fingerprint density at radius 2 is 2.27 bits per heavy atom. The lowest BCUT2D eigenvalue weighted by Crippen LogP contribution is -2.41. The molecule has 1 rings (SSSR count). The smallest absolute Gasteiger partial charge is 0.236 e. The summed E-state index contributed by atoms with van der Waals surface area (Å²) in [5.41, 5.74) is 10.5. The number of carbonyl (C=O) groups excluding carboxylic acids is 1. The van der Waals surface area contributed by atoms with Gasteiger partial charge in [0.05, 0.1) is 10.7 Å². The monoisotopic (exact) mass is 231 g/mol. The molecule has 1 unspecified atom stereocenters. The molecule has 1 aromatic carbocycles. The molecule has 1 amide bonds. The first kappa shape index (κ1) is 11.7. The number of amides is 1. The van der Waals surface area contributed by atoms with Crippen LogP contribution in [0, 0.1) is 5.82 Å². The summed E-state index contributed by atoms with van der Waals surface area (Å²) in [6, 6.07) is 3.65.